The van der Waals surface area contributed by atoms with E-state index in [1.54, 1.807) is 6.07 Å². The highest BCUT2D eigenvalue weighted by molar-refractivity contribution is 6.36. The van der Waals surface area contributed by atoms with Crippen LogP contribution < -0.4 is 5.32 Å². The Bertz CT molecular complexity index is 485. The fourth-order valence-electron chi connectivity index (χ4n) is 2.96. The molecule has 118 valence electrons. The first-order chi connectivity index (χ1) is 9.90. The van der Waals surface area contributed by atoms with Gasteiger partial charge in [-0.05, 0) is 58.8 Å². The van der Waals surface area contributed by atoms with E-state index in [1.165, 1.54) is 6.07 Å². The highest BCUT2D eigenvalue weighted by atomic mass is 35.5. The number of hydrogen-bond donors (Lipinski definition) is 1. The number of halogens is 3. The van der Waals surface area contributed by atoms with Gasteiger partial charge in [0, 0.05) is 28.7 Å². The number of nitrogens with one attached hydrogen (secondary N) is 1. The van der Waals surface area contributed by atoms with Crippen LogP contribution >= 0.6 is 23.2 Å². The molecule has 2 rings (SSSR count). The topological polar surface area (TPSA) is 15.3 Å². The van der Waals surface area contributed by atoms with Gasteiger partial charge < -0.3 is 10.2 Å². The molecule has 1 aliphatic rings. The Hall–Kier alpha value is -0.350. The van der Waals surface area contributed by atoms with Gasteiger partial charge in [0.25, 0.3) is 0 Å². The molecule has 1 saturated heterocycles. The molecule has 0 saturated carbocycles. The largest absolute Gasteiger partial charge is 0.307 e. The number of piperidine rings is 1. The van der Waals surface area contributed by atoms with E-state index in [2.05, 4.69) is 24.1 Å². The van der Waals surface area contributed by atoms with E-state index in [0.29, 0.717) is 22.7 Å². The Morgan fingerprint density at radius 1 is 1.19 bits per heavy atom. The second-order valence-electron chi connectivity index (χ2n) is 6.05. The molecule has 1 heterocycles. The third kappa shape index (κ3) is 4.10. The Balaban J connectivity index is 2.00. The molecule has 21 heavy (non-hydrogen) atoms. The van der Waals surface area contributed by atoms with Crippen molar-refractivity contribution in [2.75, 3.05) is 13.1 Å². The van der Waals surface area contributed by atoms with E-state index in [0.717, 1.165) is 25.9 Å². The van der Waals surface area contributed by atoms with Crippen molar-refractivity contribution in [3.63, 3.8) is 0 Å². The molecule has 1 fully saturated rings. The molecule has 1 aliphatic heterocycles. The highest BCUT2D eigenvalue weighted by Gasteiger charge is 2.24. The van der Waals surface area contributed by atoms with Crippen molar-refractivity contribution in [3.05, 3.63) is 33.6 Å². The minimum Gasteiger partial charge on any atom is -0.307 e. The maximum absolute atomic E-state index is 13.6. The molecular weight excluding hydrogens is 310 g/mol. The first-order valence-corrected chi connectivity index (χ1v) is 8.29. The molecule has 0 aromatic heterocycles. The Labute approximate surface area is 136 Å². The van der Waals surface area contributed by atoms with Gasteiger partial charge in [-0.25, -0.2) is 4.39 Å². The molecule has 0 bridgehead atoms. The smallest absolute Gasteiger partial charge is 0.142 e. The lowest BCUT2D eigenvalue weighted by molar-refractivity contribution is 0.157. The van der Waals surface area contributed by atoms with Crippen LogP contribution in [-0.4, -0.2) is 30.1 Å². The van der Waals surface area contributed by atoms with Crippen LogP contribution in [-0.2, 0) is 0 Å². The predicted molar refractivity (Wildman–Crippen MR) is 87.7 cm³/mol. The summed E-state index contributed by atoms with van der Waals surface area (Å²) in [5.74, 6) is -0.417. The van der Waals surface area contributed by atoms with Crippen LogP contribution in [0.25, 0.3) is 0 Å². The second-order valence-corrected chi connectivity index (χ2v) is 6.83. The van der Waals surface area contributed by atoms with E-state index in [1.807, 2.05) is 6.92 Å². The van der Waals surface area contributed by atoms with E-state index < -0.39 is 5.82 Å². The van der Waals surface area contributed by atoms with Gasteiger partial charge in [-0.3, -0.25) is 0 Å². The zero-order chi connectivity index (χ0) is 15.6. The number of likely N-dealkylation sites (tertiary alicyclic amines) is 1. The number of hydrogen-bond acceptors (Lipinski definition) is 2. The van der Waals surface area contributed by atoms with E-state index in [4.69, 9.17) is 23.2 Å². The van der Waals surface area contributed by atoms with E-state index in [-0.39, 0.29) is 11.1 Å². The van der Waals surface area contributed by atoms with Crippen LogP contribution in [0.4, 0.5) is 4.39 Å². The lowest BCUT2D eigenvalue weighted by Gasteiger charge is -2.36. The molecule has 5 heteroatoms. The quantitative estimate of drug-likeness (QED) is 0.807. The first kappa shape index (κ1) is 17.0. The summed E-state index contributed by atoms with van der Waals surface area (Å²) in [6, 6.07) is 3.83. The summed E-state index contributed by atoms with van der Waals surface area (Å²) >= 11 is 12.2. The molecule has 0 radical (unpaired) electrons. The fourth-order valence-corrected chi connectivity index (χ4v) is 3.66. The van der Waals surface area contributed by atoms with E-state index >= 15 is 0 Å². The highest BCUT2D eigenvalue weighted by Crippen LogP contribution is 2.33. The van der Waals surface area contributed by atoms with Gasteiger partial charge in [-0.2, -0.15) is 0 Å². The Kier molecular flexibility index (Phi) is 5.89. The summed E-state index contributed by atoms with van der Waals surface area (Å²) in [5, 5.41) is 4.18. The van der Waals surface area contributed by atoms with Crippen LogP contribution in [0, 0.1) is 5.82 Å². The standard InChI is InChI=1S/C16H23Cl2FN2/c1-10(2)21-8-6-12(7-9-21)20-11(3)15-13(17)4-5-14(19)16(15)18/h4-5,10-12,20H,6-9H2,1-3H3. The van der Waals surface area contributed by atoms with Crippen molar-refractivity contribution in [2.45, 2.75) is 51.7 Å². The summed E-state index contributed by atoms with van der Waals surface area (Å²) in [6.07, 6.45) is 2.18. The second kappa shape index (κ2) is 7.28. The molecular formula is C16H23Cl2FN2. The maximum Gasteiger partial charge on any atom is 0.142 e. The summed E-state index contributed by atoms with van der Waals surface area (Å²) in [5.41, 5.74) is 0.657. The minimum atomic E-state index is -0.417. The monoisotopic (exact) mass is 332 g/mol. The minimum absolute atomic E-state index is 0.0590. The van der Waals surface area contributed by atoms with Gasteiger partial charge in [0.05, 0.1) is 5.02 Å². The molecule has 0 aliphatic carbocycles. The first-order valence-electron chi connectivity index (χ1n) is 7.53. The molecule has 1 atom stereocenters. The van der Waals surface area contributed by atoms with Crippen molar-refractivity contribution in [1.82, 2.24) is 10.2 Å². The Morgan fingerprint density at radius 3 is 2.38 bits per heavy atom. The van der Waals surface area contributed by atoms with Crippen LogP contribution in [0.3, 0.4) is 0 Å². The normalized spacial score (nSPS) is 19.2. The van der Waals surface area contributed by atoms with Gasteiger partial charge >= 0.3 is 0 Å². The molecule has 1 aromatic carbocycles. The number of benzene rings is 1. The lowest BCUT2D eigenvalue weighted by atomic mass is 10.0. The van der Waals surface area contributed by atoms with Crippen molar-refractivity contribution in [1.29, 1.82) is 0 Å². The summed E-state index contributed by atoms with van der Waals surface area (Å²) < 4.78 is 13.6. The molecule has 2 nitrogen and oxygen atoms in total. The fraction of sp³-hybridized carbons (Fsp3) is 0.625. The summed E-state index contributed by atoms with van der Waals surface area (Å²) in [7, 11) is 0. The molecule has 1 N–H and O–H groups in total. The average molecular weight is 333 g/mol. The maximum atomic E-state index is 13.6. The van der Waals surface area contributed by atoms with Crippen LogP contribution in [0.5, 0.6) is 0 Å². The zero-order valence-electron chi connectivity index (χ0n) is 12.8. The lowest BCUT2D eigenvalue weighted by Crippen LogP contribution is -2.45. The average Bonchev–Trinajstić information content (AvgIpc) is 2.44. The van der Waals surface area contributed by atoms with Crippen molar-refractivity contribution < 1.29 is 4.39 Å². The predicted octanol–water partition coefficient (Wildman–Crippen LogP) is 4.66. The third-order valence-corrected chi connectivity index (χ3v) is 4.97. The molecule has 1 unspecified atom stereocenters. The van der Waals surface area contributed by atoms with Crippen molar-refractivity contribution >= 4 is 23.2 Å². The summed E-state index contributed by atoms with van der Waals surface area (Å²) in [4.78, 5) is 2.48. The van der Waals surface area contributed by atoms with Gasteiger partial charge in [0.2, 0.25) is 0 Å². The Morgan fingerprint density at radius 2 is 1.81 bits per heavy atom. The number of rotatable bonds is 4. The van der Waals surface area contributed by atoms with Gasteiger partial charge in [0.1, 0.15) is 5.82 Å². The number of nitrogens with zero attached hydrogens (tertiary/aromatic N) is 1. The summed E-state index contributed by atoms with van der Waals surface area (Å²) in [6.45, 7) is 8.62. The van der Waals surface area contributed by atoms with Gasteiger partial charge in [-0.15, -0.1) is 0 Å². The molecule has 0 spiro atoms. The van der Waals surface area contributed by atoms with E-state index in [9.17, 15) is 4.39 Å². The molecule has 0 amide bonds. The molecule has 1 aromatic rings. The third-order valence-electron chi connectivity index (χ3n) is 4.26. The van der Waals surface area contributed by atoms with Crippen LogP contribution in [0.1, 0.15) is 45.2 Å². The van der Waals surface area contributed by atoms with Crippen LogP contribution in [0.15, 0.2) is 12.1 Å². The SMILES string of the molecule is CC(NC1CCN(C(C)C)CC1)c1c(Cl)ccc(F)c1Cl. The van der Waals surface area contributed by atoms with Crippen LogP contribution in [0.2, 0.25) is 10.0 Å². The van der Waals surface area contributed by atoms with Crippen molar-refractivity contribution in [3.8, 4) is 0 Å². The van der Waals surface area contributed by atoms with Gasteiger partial charge in [-0.1, -0.05) is 23.2 Å². The van der Waals surface area contributed by atoms with Crippen molar-refractivity contribution in [2.24, 2.45) is 0 Å². The zero-order valence-corrected chi connectivity index (χ0v) is 14.3. The van der Waals surface area contributed by atoms with Gasteiger partial charge in [0.15, 0.2) is 0 Å².